The summed E-state index contributed by atoms with van der Waals surface area (Å²) in [6, 6.07) is 12.2. The molecule has 3 rings (SSSR count). The highest BCUT2D eigenvalue weighted by atomic mass is 35.5. The fraction of sp³-hybridized carbons (Fsp3) is 0.235. The zero-order chi connectivity index (χ0) is 17.3. The lowest BCUT2D eigenvalue weighted by Gasteiger charge is -2.25. The lowest BCUT2D eigenvalue weighted by atomic mass is 10.0. The number of benzene rings is 2. The van der Waals surface area contributed by atoms with Gasteiger partial charge < -0.3 is 9.64 Å². The highest BCUT2D eigenvalue weighted by Crippen LogP contribution is 2.38. The third-order valence-electron chi connectivity index (χ3n) is 3.79. The first-order valence-electron chi connectivity index (χ1n) is 7.27. The Labute approximate surface area is 141 Å². The van der Waals surface area contributed by atoms with Crippen molar-refractivity contribution >= 4 is 23.2 Å². The van der Waals surface area contributed by atoms with Gasteiger partial charge in [-0.3, -0.25) is 4.79 Å². The van der Waals surface area contributed by atoms with Crippen LogP contribution < -0.4 is 9.64 Å². The normalized spacial score (nSPS) is 18.1. The predicted octanol–water partition coefficient (Wildman–Crippen LogP) is 5.11. The Morgan fingerprint density at radius 2 is 1.83 bits per heavy atom. The molecule has 2 aromatic rings. The Kier molecular flexibility index (Phi) is 4.41. The standard InChI is InChI=1S/C17H13ClF3NO2/c18-12-4-6-13(7-5-12)22-15(8-9-16(22)23)11-2-1-3-14(10-11)24-17(19,20)21/h1-7,10,15H,8-9H2/t15-/m1/s1. The molecule has 1 saturated heterocycles. The van der Waals surface area contributed by atoms with Gasteiger partial charge in [0.15, 0.2) is 0 Å². The van der Waals surface area contributed by atoms with Crippen LogP contribution in [0.4, 0.5) is 18.9 Å². The molecule has 1 amide bonds. The van der Waals surface area contributed by atoms with Crippen LogP contribution in [0.1, 0.15) is 24.4 Å². The van der Waals surface area contributed by atoms with Gasteiger partial charge in [-0.15, -0.1) is 13.2 Å². The van der Waals surface area contributed by atoms with E-state index < -0.39 is 6.36 Å². The summed E-state index contributed by atoms with van der Waals surface area (Å²) >= 11 is 5.86. The topological polar surface area (TPSA) is 29.5 Å². The van der Waals surface area contributed by atoms with Crippen LogP contribution in [-0.2, 0) is 4.79 Å². The second-order valence-electron chi connectivity index (χ2n) is 5.41. The van der Waals surface area contributed by atoms with Crippen molar-refractivity contribution in [1.82, 2.24) is 0 Å². The van der Waals surface area contributed by atoms with Gasteiger partial charge >= 0.3 is 6.36 Å². The lowest BCUT2D eigenvalue weighted by Crippen LogP contribution is -2.27. The molecular formula is C17H13ClF3NO2. The molecule has 0 aliphatic carbocycles. The maximum absolute atomic E-state index is 12.4. The number of carbonyl (C=O) groups is 1. The van der Waals surface area contributed by atoms with E-state index in [0.29, 0.717) is 29.1 Å². The van der Waals surface area contributed by atoms with E-state index in [9.17, 15) is 18.0 Å². The minimum absolute atomic E-state index is 0.0792. The van der Waals surface area contributed by atoms with Gasteiger partial charge in [-0.2, -0.15) is 0 Å². The predicted molar refractivity (Wildman–Crippen MR) is 84.0 cm³/mol. The number of alkyl halides is 3. The first kappa shape index (κ1) is 16.6. The molecule has 0 N–H and O–H groups in total. The number of halogens is 4. The van der Waals surface area contributed by atoms with Crippen LogP contribution in [0.15, 0.2) is 48.5 Å². The van der Waals surface area contributed by atoms with E-state index in [0.717, 1.165) is 0 Å². The van der Waals surface area contributed by atoms with Crippen molar-refractivity contribution in [1.29, 1.82) is 0 Å². The van der Waals surface area contributed by atoms with Gasteiger partial charge in [0.25, 0.3) is 0 Å². The molecule has 3 nitrogen and oxygen atoms in total. The molecule has 1 fully saturated rings. The average Bonchev–Trinajstić information content (AvgIpc) is 2.88. The van der Waals surface area contributed by atoms with Crippen molar-refractivity contribution in [3.8, 4) is 5.75 Å². The minimum atomic E-state index is -4.75. The number of carbonyl (C=O) groups excluding carboxylic acids is 1. The van der Waals surface area contributed by atoms with Gasteiger partial charge in [0.1, 0.15) is 5.75 Å². The van der Waals surface area contributed by atoms with E-state index in [1.165, 1.54) is 18.2 Å². The third-order valence-corrected chi connectivity index (χ3v) is 4.05. The molecule has 1 atom stereocenters. The van der Waals surface area contributed by atoms with Crippen molar-refractivity contribution in [3.63, 3.8) is 0 Å². The molecule has 0 bridgehead atoms. The Balaban J connectivity index is 1.91. The van der Waals surface area contributed by atoms with Crippen LogP contribution in [0.3, 0.4) is 0 Å². The van der Waals surface area contributed by atoms with Crippen LogP contribution in [0, 0.1) is 0 Å². The third kappa shape index (κ3) is 3.64. The summed E-state index contributed by atoms with van der Waals surface area (Å²) < 4.78 is 41.1. The number of hydrogen-bond donors (Lipinski definition) is 0. The number of amides is 1. The number of rotatable bonds is 3. The summed E-state index contributed by atoms with van der Waals surface area (Å²) in [5, 5.41) is 0.544. The fourth-order valence-electron chi connectivity index (χ4n) is 2.84. The number of anilines is 1. The van der Waals surface area contributed by atoms with E-state index in [1.54, 1.807) is 35.2 Å². The molecule has 24 heavy (non-hydrogen) atoms. The van der Waals surface area contributed by atoms with Gasteiger partial charge in [-0.05, 0) is 48.4 Å². The highest BCUT2D eigenvalue weighted by molar-refractivity contribution is 6.30. The summed E-state index contributed by atoms with van der Waals surface area (Å²) in [6.07, 6.45) is -3.89. The highest BCUT2D eigenvalue weighted by Gasteiger charge is 2.35. The Morgan fingerprint density at radius 3 is 2.50 bits per heavy atom. The lowest BCUT2D eigenvalue weighted by molar-refractivity contribution is -0.274. The average molecular weight is 356 g/mol. The Bertz CT molecular complexity index is 746. The molecular weight excluding hydrogens is 343 g/mol. The fourth-order valence-corrected chi connectivity index (χ4v) is 2.97. The largest absolute Gasteiger partial charge is 0.573 e. The summed E-state index contributed by atoms with van der Waals surface area (Å²) in [5.41, 5.74) is 1.26. The Hall–Kier alpha value is -2.21. The van der Waals surface area contributed by atoms with Crippen LogP contribution in [0.25, 0.3) is 0 Å². The van der Waals surface area contributed by atoms with Crippen molar-refractivity contribution in [2.24, 2.45) is 0 Å². The molecule has 7 heteroatoms. The van der Waals surface area contributed by atoms with Crippen molar-refractivity contribution in [2.45, 2.75) is 25.2 Å². The Morgan fingerprint density at radius 1 is 1.12 bits per heavy atom. The van der Waals surface area contributed by atoms with Gasteiger partial charge in [0, 0.05) is 17.1 Å². The summed E-state index contributed by atoms with van der Waals surface area (Å²) in [6.45, 7) is 0. The monoisotopic (exact) mass is 355 g/mol. The summed E-state index contributed by atoms with van der Waals surface area (Å²) in [5.74, 6) is -0.375. The molecule has 1 aliphatic heterocycles. The maximum Gasteiger partial charge on any atom is 0.573 e. The van der Waals surface area contributed by atoms with Gasteiger partial charge in [0.2, 0.25) is 5.91 Å². The molecule has 0 radical (unpaired) electrons. The molecule has 2 aromatic carbocycles. The zero-order valence-corrected chi connectivity index (χ0v) is 13.1. The second kappa shape index (κ2) is 6.36. The number of hydrogen-bond acceptors (Lipinski definition) is 2. The first-order chi connectivity index (χ1) is 11.3. The number of ether oxygens (including phenoxy) is 1. The zero-order valence-electron chi connectivity index (χ0n) is 12.4. The van der Waals surface area contributed by atoms with Gasteiger partial charge in [-0.25, -0.2) is 0 Å². The van der Waals surface area contributed by atoms with Crippen LogP contribution in [0.2, 0.25) is 5.02 Å². The smallest absolute Gasteiger partial charge is 0.406 e. The van der Waals surface area contributed by atoms with Crippen LogP contribution in [0.5, 0.6) is 5.75 Å². The van der Waals surface area contributed by atoms with Crippen LogP contribution >= 0.6 is 11.6 Å². The molecule has 1 aliphatic rings. The van der Waals surface area contributed by atoms with Gasteiger partial charge in [-0.1, -0.05) is 23.7 Å². The number of nitrogens with zero attached hydrogens (tertiary/aromatic N) is 1. The van der Waals surface area contributed by atoms with E-state index in [2.05, 4.69) is 4.74 Å². The molecule has 0 saturated carbocycles. The van der Waals surface area contributed by atoms with E-state index >= 15 is 0 Å². The first-order valence-corrected chi connectivity index (χ1v) is 7.64. The van der Waals surface area contributed by atoms with Crippen LogP contribution in [-0.4, -0.2) is 12.3 Å². The van der Waals surface area contributed by atoms with E-state index in [1.807, 2.05) is 0 Å². The second-order valence-corrected chi connectivity index (χ2v) is 5.85. The molecule has 126 valence electrons. The quantitative estimate of drug-likeness (QED) is 0.766. The van der Waals surface area contributed by atoms with Crippen molar-refractivity contribution in [2.75, 3.05) is 4.90 Å². The summed E-state index contributed by atoms with van der Waals surface area (Å²) in [4.78, 5) is 13.8. The maximum atomic E-state index is 12.4. The van der Waals surface area contributed by atoms with E-state index in [-0.39, 0.29) is 17.7 Å². The molecule has 0 aromatic heterocycles. The molecule has 0 unspecified atom stereocenters. The molecule has 1 heterocycles. The van der Waals surface area contributed by atoms with Gasteiger partial charge in [0.05, 0.1) is 6.04 Å². The molecule has 0 spiro atoms. The SMILES string of the molecule is O=C1CC[C@H](c2cccc(OC(F)(F)F)c2)N1c1ccc(Cl)cc1. The van der Waals surface area contributed by atoms with E-state index in [4.69, 9.17) is 11.6 Å². The van der Waals surface area contributed by atoms with Crippen molar-refractivity contribution < 1.29 is 22.7 Å². The van der Waals surface area contributed by atoms with Crippen molar-refractivity contribution in [3.05, 3.63) is 59.1 Å². The minimum Gasteiger partial charge on any atom is -0.406 e. The summed E-state index contributed by atoms with van der Waals surface area (Å²) in [7, 11) is 0.